The summed E-state index contributed by atoms with van der Waals surface area (Å²) in [5.41, 5.74) is 5.25. The number of hydrogen-bond acceptors (Lipinski definition) is 4. The van der Waals surface area contributed by atoms with Crippen molar-refractivity contribution < 1.29 is 9.90 Å². The maximum Gasteiger partial charge on any atom is 0.303 e. The fourth-order valence-electron chi connectivity index (χ4n) is 0.809. The first-order chi connectivity index (χ1) is 5.68. The Balaban J connectivity index is 2.29. The van der Waals surface area contributed by atoms with Crippen molar-refractivity contribution in [3.05, 3.63) is 6.33 Å². The van der Waals surface area contributed by atoms with Crippen molar-refractivity contribution in [2.75, 3.05) is 5.73 Å². The molecular weight excluding hydrogens is 160 g/mol. The molecule has 0 unspecified atom stereocenters. The van der Waals surface area contributed by atoms with Gasteiger partial charge in [0.1, 0.15) is 6.33 Å². The molecule has 0 spiro atoms. The number of nitrogen functional groups attached to an aromatic ring is 1. The van der Waals surface area contributed by atoms with Crippen LogP contribution in [-0.4, -0.2) is 25.8 Å². The molecule has 1 aromatic heterocycles. The summed E-state index contributed by atoms with van der Waals surface area (Å²) < 4.78 is 1.53. The van der Waals surface area contributed by atoms with Crippen LogP contribution >= 0.6 is 0 Å². The molecule has 0 bridgehead atoms. The van der Waals surface area contributed by atoms with Crippen LogP contribution in [0.2, 0.25) is 0 Å². The van der Waals surface area contributed by atoms with Crippen LogP contribution in [0, 0.1) is 0 Å². The summed E-state index contributed by atoms with van der Waals surface area (Å²) in [5.74, 6) is -0.589. The molecule has 0 saturated heterocycles. The number of aryl methyl sites for hydroxylation is 1. The lowest BCUT2D eigenvalue weighted by molar-refractivity contribution is -0.137. The lowest BCUT2D eigenvalue weighted by Gasteiger charge is -1.96. The average Bonchev–Trinajstić information content (AvgIpc) is 2.35. The highest BCUT2D eigenvalue weighted by Crippen LogP contribution is 1.95. The summed E-state index contributed by atoms with van der Waals surface area (Å²) in [6, 6.07) is 0. The fraction of sp³-hybridized carbons (Fsp3) is 0.500. The second-order valence-electron chi connectivity index (χ2n) is 2.36. The normalized spacial score (nSPS) is 10.0. The van der Waals surface area contributed by atoms with Gasteiger partial charge in [0.05, 0.1) is 0 Å². The Hall–Kier alpha value is -1.59. The number of aromatic nitrogens is 3. The molecule has 0 aliphatic rings. The molecule has 0 fully saturated rings. The van der Waals surface area contributed by atoms with Crippen molar-refractivity contribution in [3.63, 3.8) is 0 Å². The number of anilines is 1. The topological polar surface area (TPSA) is 94.0 Å². The van der Waals surface area contributed by atoms with Gasteiger partial charge in [-0.15, -0.1) is 5.10 Å². The van der Waals surface area contributed by atoms with E-state index in [-0.39, 0.29) is 12.4 Å². The summed E-state index contributed by atoms with van der Waals surface area (Å²) in [7, 11) is 0. The van der Waals surface area contributed by atoms with E-state index < -0.39 is 5.97 Å². The minimum absolute atomic E-state index is 0.139. The zero-order chi connectivity index (χ0) is 8.97. The van der Waals surface area contributed by atoms with Gasteiger partial charge in [-0.05, 0) is 6.42 Å². The number of nitrogens with two attached hydrogens (primary N) is 1. The number of carbonyl (C=O) groups is 1. The van der Waals surface area contributed by atoms with Gasteiger partial charge in [-0.3, -0.25) is 9.48 Å². The molecule has 1 heterocycles. The van der Waals surface area contributed by atoms with E-state index in [1.807, 2.05) is 0 Å². The third kappa shape index (κ3) is 2.57. The van der Waals surface area contributed by atoms with Gasteiger partial charge in [-0.2, -0.15) is 0 Å². The van der Waals surface area contributed by atoms with E-state index in [0.29, 0.717) is 13.0 Å². The monoisotopic (exact) mass is 170 g/mol. The van der Waals surface area contributed by atoms with Crippen molar-refractivity contribution in [3.8, 4) is 0 Å². The van der Waals surface area contributed by atoms with Crippen LogP contribution in [0.3, 0.4) is 0 Å². The number of nitrogens with zero attached hydrogens (tertiary/aromatic N) is 3. The number of carboxylic acid groups (broad SMARTS) is 1. The minimum Gasteiger partial charge on any atom is -0.481 e. The van der Waals surface area contributed by atoms with E-state index >= 15 is 0 Å². The van der Waals surface area contributed by atoms with Crippen LogP contribution in [0.5, 0.6) is 0 Å². The lowest BCUT2D eigenvalue weighted by atomic mass is 10.3. The molecule has 0 atom stereocenters. The quantitative estimate of drug-likeness (QED) is 0.648. The minimum atomic E-state index is -0.803. The molecular formula is C6H10N4O2. The molecule has 1 aromatic rings. The molecule has 0 aliphatic carbocycles. The van der Waals surface area contributed by atoms with Crippen molar-refractivity contribution >= 4 is 11.9 Å². The van der Waals surface area contributed by atoms with Crippen molar-refractivity contribution in [2.24, 2.45) is 0 Å². The molecule has 6 nitrogen and oxygen atoms in total. The van der Waals surface area contributed by atoms with Gasteiger partial charge in [0, 0.05) is 13.0 Å². The highest BCUT2D eigenvalue weighted by atomic mass is 16.4. The summed E-state index contributed by atoms with van der Waals surface area (Å²) in [4.78, 5) is 13.8. The van der Waals surface area contributed by atoms with Gasteiger partial charge in [0.25, 0.3) is 0 Å². The molecule has 12 heavy (non-hydrogen) atoms. The molecule has 1 rings (SSSR count). The number of rotatable bonds is 4. The van der Waals surface area contributed by atoms with Crippen LogP contribution in [0.15, 0.2) is 6.33 Å². The lowest BCUT2D eigenvalue weighted by Crippen LogP contribution is -2.02. The third-order valence-corrected chi connectivity index (χ3v) is 1.33. The Bertz CT molecular complexity index is 270. The van der Waals surface area contributed by atoms with Gasteiger partial charge < -0.3 is 10.8 Å². The zero-order valence-corrected chi connectivity index (χ0v) is 6.47. The van der Waals surface area contributed by atoms with Gasteiger partial charge in [0.15, 0.2) is 0 Å². The predicted molar refractivity (Wildman–Crippen MR) is 41.3 cm³/mol. The van der Waals surface area contributed by atoms with E-state index in [4.69, 9.17) is 10.8 Å². The largest absolute Gasteiger partial charge is 0.481 e. The highest BCUT2D eigenvalue weighted by Gasteiger charge is 1.98. The van der Waals surface area contributed by atoms with Crippen LogP contribution in [0.25, 0.3) is 0 Å². The van der Waals surface area contributed by atoms with Gasteiger partial charge in [0.2, 0.25) is 5.95 Å². The van der Waals surface area contributed by atoms with Gasteiger partial charge in [-0.1, -0.05) is 0 Å². The summed E-state index contributed by atoms with van der Waals surface area (Å²) in [6.07, 6.45) is 2.16. The van der Waals surface area contributed by atoms with Crippen LogP contribution in [0.1, 0.15) is 12.8 Å². The van der Waals surface area contributed by atoms with Crippen molar-refractivity contribution in [1.82, 2.24) is 14.8 Å². The molecule has 0 saturated carbocycles. The van der Waals surface area contributed by atoms with Crippen molar-refractivity contribution in [2.45, 2.75) is 19.4 Å². The molecule has 6 heteroatoms. The van der Waals surface area contributed by atoms with Crippen LogP contribution in [-0.2, 0) is 11.3 Å². The number of carboxylic acids is 1. The first kappa shape index (κ1) is 8.51. The maximum absolute atomic E-state index is 10.1. The zero-order valence-electron chi connectivity index (χ0n) is 6.47. The summed E-state index contributed by atoms with van der Waals surface area (Å²) in [6.45, 7) is 0.538. The molecule has 66 valence electrons. The Morgan fingerprint density at radius 3 is 3.00 bits per heavy atom. The van der Waals surface area contributed by atoms with E-state index in [1.54, 1.807) is 0 Å². The Labute approximate surface area is 69.0 Å². The maximum atomic E-state index is 10.1. The number of hydrogen-bond donors (Lipinski definition) is 2. The standard InChI is InChI=1S/C6H10N4O2/c7-6-8-4-10(9-6)3-1-2-5(11)12/h4H,1-3H2,(H2,7,9)(H,11,12). The molecule has 0 amide bonds. The predicted octanol–water partition coefficient (Wildman–Crippen LogP) is -0.275. The summed E-state index contributed by atoms with van der Waals surface area (Å²) in [5, 5.41) is 12.1. The average molecular weight is 170 g/mol. The van der Waals surface area contributed by atoms with Gasteiger partial charge in [-0.25, -0.2) is 4.98 Å². The first-order valence-corrected chi connectivity index (χ1v) is 3.55. The molecule has 0 aliphatic heterocycles. The SMILES string of the molecule is Nc1ncn(CCCC(=O)O)n1. The van der Waals surface area contributed by atoms with Crippen molar-refractivity contribution in [1.29, 1.82) is 0 Å². The first-order valence-electron chi connectivity index (χ1n) is 3.55. The Morgan fingerprint density at radius 2 is 2.50 bits per heavy atom. The second kappa shape index (κ2) is 3.70. The van der Waals surface area contributed by atoms with E-state index in [2.05, 4.69) is 10.1 Å². The Morgan fingerprint density at radius 1 is 1.75 bits per heavy atom. The number of aliphatic carboxylic acids is 1. The highest BCUT2D eigenvalue weighted by molar-refractivity contribution is 5.66. The van der Waals surface area contributed by atoms with Gasteiger partial charge >= 0.3 is 5.97 Å². The van der Waals surface area contributed by atoms with Crippen LogP contribution in [0.4, 0.5) is 5.95 Å². The van der Waals surface area contributed by atoms with E-state index in [0.717, 1.165) is 0 Å². The van der Waals surface area contributed by atoms with E-state index in [9.17, 15) is 4.79 Å². The second-order valence-corrected chi connectivity index (χ2v) is 2.36. The molecule has 0 radical (unpaired) electrons. The third-order valence-electron chi connectivity index (χ3n) is 1.33. The molecule has 0 aromatic carbocycles. The fourth-order valence-corrected chi connectivity index (χ4v) is 0.809. The van der Waals surface area contributed by atoms with E-state index in [1.165, 1.54) is 11.0 Å². The Kier molecular flexibility index (Phi) is 2.62. The molecule has 3 N–H and O–H groups in total. The smallest absolute Gasteiger partial charge is 0.303 e. The van der Waals surface area contributed by atoms with Crippen LogP contribution < -0.4 is 5.73 Å². The summed E-state index contributed by atoms with van der Waals surface area (Å²) >= 11 is 0.